The van der Waals surface area contributed by atoms with Gasteiger partial charge in [-0.25, -0.2) is 31.5 Å². The van der Waals surface area contributed by atoms with Crippen molar-refractivity contribution in [1.29, 1.82) is 0 Å². The van der Waals surface area contributed by atoms with Gasteiger partial charge in [0.25, 0.3) is 0 Å². The van der Waals surface area contributed by atoms with Gasteiger partial charge in [0.2, 0.25) is 6.86 Å². The van der Waals surface area contributed by atoms with Gasteiger partial charge in [-0.1, -0.05) is 6.07 Å². The number of aliphatic hydroxyl groups excluding tert-OH is 1. The summed E-state index contributed by atoms with van der Waals surface area (Å²) in [5, 5.41) is 10.4. The summed E-state index contributed by atoms with van der Waals surface area (Å²) in [6.45, 7) is -12.2. The van der Waals surface area contributed by atoms with Crippen LogP contribution in [0, 0.1) is 0 Å². The third-order valence-corrected chi connectivity index (χ3v) is 3.62. The molecule has 0 heterocycles. The van der Waals surface area contributed by atoms with E-state index in [1.54, 1.807) is 0 Å². The fourth-order valence-corrected chi connectivity index (χ4v) is 1.62. The smallest absolute Gasteiger partial charge is 0.413 e. The molecule has 0 saturated carbocycles. The van der Waals surface area contributed by atoms with Crippen LogP contribution in [0.2, 0.25) is 0 Å². The number of rotatable bonds is 19. The average Bonchev–Trinajstić information content (AvgIpc) is 3.19. The minimum Gasteiger partial charge on any atom is -0.459 e. The van der Waals surface area contributed by atoms with Gasteiger partial charge in [-0.3, -0.25) is 4.74 Å². The van der Waals surface area contributed by atoms with Crippen LogP contribution in [0.4, 0.5) is 88.5 Å². The monoisotopic (exact) mass is 902 g/mol. The van der Waals surface area contributed by atoms with E-state index >= 15 is 0 Å². The average molecular weight is 902 g/mol. The molecular formula is C23H26F20N2O12. The second kappa shape index (κ2) is 35.1. The van der Waals surface area contributed by atoms with Gasteiger partial charge in [0.05, 0.1) is 18.2 Å². The second-order valence-corrected chi connectivity index (χ2v) is 7.83. The van der Waals surface area contributed by atoms with Gasteiger partial charge in [-0.2, -0.15) is 53.8 Å². The fraction of sp³-hybridized carbons (Fsp3) is 0.609. The predicted molar refractivity (Wildman–Crippen MR) is 139 cm³/mol. The van der Waals surface area contributed by atoms with Crippen LogP contribution in [0.15, 0.2) is 29.4 Å². The molecule has 0 fully saturated rings. The van der Waals surface area contributed by atoms with Crippen LogP contribution in [0.1, 0.15) is 20.7 Å². The van der Waals surface area contributed by atoms with E-state index in [1.165, 1.54) is 23.8 Å². The summed E-state index contributed by atoms with van der Waals surface area (Å²) < 4.78 is 234. The molecular weight excluding hydrogens is 876 g/mol. The van der Waals surface area contributed by atoms with E-state index in [2.05, 4.69) is 39.0 Å². The number of alkyl halides is 15. The van der Waals surface area contributed by atoms with E-state index in [0.29, 0.717) is 0 Å². The third kappa shape index (κ3) is 41.4. The Morgan fingerprint density at radius 2 is 1.16 bits per heavy atom. The molecule has 1 aromatic carbocycles. The molecule has 0 aliphatic carbocycles. The van der Waals surface area contributed by atoms with Gasteiger partial charge >= 0.3 is 42.5 Å². The van der Waals surface area contributed by atoms with Crippen molar-refractivity contribution in [3.8, 4) is 0 Å². The van der Waals surface area contributed by atoms with Gasteiger partial charge in [-0.15, -0.1) is 25.5 Å². The summed E-state index contributed by atoms with van der Waals surface area (Å²) in [7, 11) is 0.958. The first-order chi connectivity index (χ1) is 26.3. The molecule has 0 atom stereocenters. The largest absolute Gasteiger partial charge is 0.459 e. The Balaban J connectivity index is -0.000000250. The van der Waals surface area contributed by atoms with Gasteiger partial charge in [-0.05, 0) is 40.8 Å². The van der Waals surface area contributed by atoms with E-state index in [-0.39, 0.29) is 17.3 Å². The molecule has 0 saturated heterocycles. The van der Waals surface area contributed by atoms with Crippen molar-refractivity contribution >= 4 is 18.2 Å². The van der Waals surface area contributed by atoms with Crippen LogP contribution in [0.25, 0.3) is 0 Å². The number of hydrogen-bond donors (Lipinski definition) is 2. The number of aliphatic hydroxyl groups is 1. The Bertz CT molecular complexity index is 1140. The molecule has 340 valence electrons. The van der Waals surface area contributed by atoms with E-state index in [1.807, 2.05) is 9.88 Å². The number of carbonyl (C=O) groups excluding carboxylic acids is 2. The van der Waals surface area contributed by atoms with E-state index in [4.69, 9.17) is 5.11 Å². The van der Waals surface area contributed by atoms with Crippen molar-refractivity contribution in [2.24, 2.45) is 5.10 Å². The van der Waals surface area contributed by atoms with Crippen LogP contribution < -0.4 is 5.59 Å². The molecule has 0 aliphatic rings. The molecule has 0 bridgehead atoms. The number of hydrogen-bond acceptors (Lipinski definition) is 14. The Morgan fingerprint density at radius 1 is 0.719 bits per heavy atom. The number of nitrogens with one attached hydrogen (secondary N) is 1. The lowest BCUT2D eigenvalue weighted by Gasteiger charge is -2.15. The minimum atomic E-state index is -4.59. The summed E-state index contributed by atoms with van der Waals surface area (Å²) >= 11 is 0. The van der Waals surface area contributed by atoms with Gasteiger partial charge < -0.3 is 19.4 Å². The Kier molecular flexibility index (Phi) is 38.3. The summed E-state index contributed by atoms with van der Waals surface area (Å²) in [4.78, 5) is 38.5. The molecule has 1 rings (SSSR count). The lowest BCUT2D eigenvalue weighted by Crippen LogP contribution is -2.33. The number of ether oxygens (including phenoxy) is 3. The first kappa shape index (κ1) is 62.1. The molecule has 0 radical (unpaired) electrons. The standard InChI is InChI=1S/C14H12F6N2O6.C3H5F3O2.2C2H2F4O.CH2F2O.CH3FO/c15-4-5-25-11(23)9-2-1-3-10(6-9)12(24)27-22-21-7-13(16,17)26-8-14(18,19)28-20;4-2-8-3(5,6)1-7;2*3-1-2(4,5)7-6;2-1-4-3;1-3-2/h1-3,6-7,22H,4-5,8H2;7H,1-2H2;2*1H2;1H2;1H3/b21-7-;;;;;. The van der Waals surface area contributed by atoms with Crippen LogP contribution in [0.5, 0.6) is 0 Å². The molecule has 0 unspecified atom stereocenters. The maximum Gasteiger partial charge on any atom is 0.413 e. The zero-order chi connectivity index (χ0) is 45.8. The normalized spacial score (nSPS) is 11.4. The molecule has 0 amide bonds. The minimum absolute atomic E-state index is 0.109. The van der Waals surface area contributed by atoms with Crippen LogP contribution >= 0.6 is 0 Å². The molecule has 0 aliphatic heterocycles. The first-order valence-electron chi connectivity index (χ1n) is 12.9. The highest BCUT2D eigenvalue weighted by Crippen LogP contribution is 2.21. The number of esters is 1. The third-order valence-electron chi connectivity index (χ3n) is 3.62. The summed E-state index contributed by atoms with van der Waals surface area (Å²) in [5.74, 6) is -2.08. The number of halogens is 20. The summed E-state index contributed by atoms with van der Waals surface area (Å²) in [5.41, 5.74) is 1.10. The predicted octanol–water partition coefficient (Wildman–Crippen LogP) is 7.31. The number of nitrogens with zero attached hydrogens (tertiary/aromatic N) is 1. The van der Waals surface area contributed by atoms with Crippen LogP contribution in [0.3, 0.4) is 0 Å². The van der Waals surface area contributed by atoms with Crippen molar-refractivity contribution in [3.05, 3.63) is 35.4 Å². The van der Waals surface area contributed by atoms with E-state index < -0.39 is 96.0 Å². The second-order valence-electron chi connectivity index (χ2n) is 7.83. The van der Waals surface area contributed by atoms with Crippen molar-refractivity contribution in [1.82, 2.24) is 5.59 Å². The molecule has 14 nitrogen and oxygen atoms in total. The van der Waals surface area contributed by atoms with Crippen LogP contribution in [-0.4, -0.2) is 114 Å². The van der Waals surface area contributed by atoms with Gasteiger partial charge in [0, 0.05) is 0 Å². The summed E-state index contributed by atoms with van der Waals surface area (Å²) in [6.07, 6.45) is -21.5. The zero-order valence-corrected chi connectivity index (χ0v) is 27.5. The maximum absolute atomic E-state index is 13.0. The lowest BCUT2D eigenvalue weighted by molar-refractivity contribution is -0.382. The lowest BCUT2D eigenvalue weighted by atomic mass is 10.1. The van der Waals surface area contributed by atoms with Gasteiger partial charge in [0.1, 0.15) is 32.7 Å². The number of benzene rings is 1. The molecule has 34 heteroatoms. The number of carbonyl (C=O) groups is 2. The first-order valence-corrected chi connectivity index (χ1v) is 12.9. The number of hydrazone groups is 1. The highest BCUT2D eigenvalue weighted by molar-refractivity contribution is 5.95. The SMILES string of the molecule is COF.FCC(F)(F)OF.FCC(F)(F)OF.FCOF.O=C(OCCF)c1cccc(C(=O)ON/N=C\C(F)(F)OCC(F)(F)OF)c1.OCC(F)(F)OCF. The Morgan fingerprint density at radius 3 is 1.47 bits per heavy atom. The molecule has 57 heavy (non-hydrogen) atoms. The fourth-order valence-electron chi connectivity index (χ4n) is 1.62. The van der Waals surface area contributed by atoms with Crippen molar-refractivity contribution in [3.63, 3.8) is 0 Å². The zero-order valence-electron chi connectivity index (χ0n) is 27.5. The van der Waals surface area contributed by atoms with E-state index in [0.717, 1.165) is 13.2 Å². The Hall–Kier alpha value is -4.09. The summed E-state index contributed by atoms with van der Waals surface area (Å²) in [6, 6.07) is 4.74. The highest BCUT2D eigenvalue weighted by atomic mass is 19.4. The quantitative estimate of drug-likeness (QED) is 0.0616. The topological polar surface area (TPSA) is 162 Å². The Labute approximate surface area is 303 Å². The van der Waals surface area contributed by atoms with E-state index in [9.17, 15) is 98.1 Å². The molecule has 1 aromatic rings. The van der Waals surface area contributed by atoms with Crippen molar-refractivity contribution in [2.75, 3.05) is 60.7 Å². The molecule has 0 spiro atoms. The van der Waals surface area contributed by atoms with Crippen LogP contribution in [-0.2, 0) is 43.8 Å². The molecule has 2 N–H and O–H groups in total. The highest BCUT2D eigenvalue weighted by Gasteiger charge is 2.39. The molecule has 0 aromatic heterocycles. The van der Waals surface area contributed by atoms with Crippen molar-refractivity contribution < 1.29 is 147 Å². The van der Waals surface area contributed by atoms with Gasteiger partial charge in [0.15, 0.2) is 20.2 Å². The van der Waals surface area contributed by atoms with Crippen molar-refractivity contribution in [2.45, 2.75) is 30.5 Å². The maximum atomic E-state index is 13.0.